The molecule has 0 aliphatic carbocycles. The summed E-state index contributed by atoms with van der Waals surface area (Å²) >= 11 is 1.57. The molecule has 1 atom stereocenters. The minimum Gasteiger partial charge on any atom is -0.347 e. The highest BCUT2D eigenvalue weighted by Gasteiger charge is 2.31. The molecule has 0 unspecified atom stereocenters. The molecule has 4 heterocycles. The number of hydrogen-bond donors (Lipinski definition) is 0. The van der Waals surface area contributed by atoms with Gasteiger partial charge in [-0.1, -0.05) is 11.2 Å². The van der Waals surface area contributed by atoms with Gasteiger partial charge < -0.3 is 14.0 Å². The zero-order valence-corrected chi connectivity index (χ0v) is 13.5. The smallest absolute Gasteiger partial charge is 0.270 e. The Morgan fingerprint density at radius 1 is 1.39 bits per heavy atom. The summed E-state index contributed by atoms with van der Waals surface area (Å²) in [6, 6.07) is 7.65. The van der Waals surface area contributed by atoms with Gasteiger partial charge in [0.15, 0.2) is 5.82 Å². The number of carbonyl (C=O) groups excluding carboxylic acids is 1. The number of aryl methyl sites for hydroxylation is 1. The molecule has 6 nitrogen and oxygen atoms in total. The Hall–Kier alpha value is -2.41. The lowest BCUT2D eigenvalue weighted by molar-refractivity contribution is 0.0781. The normalized spacial score (nSPS) is 17.8. The lowest BCUT2D eigenvalue weighted by Crippen LogP contribution is -2.29. The molecule has 0 N–H and O–H groups in total. The van der Waals surface area contributed by atoms with Crippen molar-refractivity contribution in [3.05, 3.63) is 47.4 Å². The zero-order chi connectivity index (χ0) is 15.8. The predicted octanol–water partition coefficient (Wildman–Crippen LogP) is 2.77. The van der Waals surface area contributed by atoms with Gasteiger partial charge in [0.25, 0.3) is 11.8 Å². The van der Waals surface area contributed by atoms with Gasteiger partial charge in [-0.2, -0.15) is 4.98 Å². The Balaban J connectivity index is 1.48. The Morgan fingerprint density at radius 2 is 2.30 bits per heavy atom. The van der Waals surface area contributed by atoms with Crippen molar-refractivity contribution in [2.75, 3.05) is 13.1 Å². The van der Waals surface area contributed by atoms with E-state index in [4.69, 9.17) is 4.52 Å². The quantitative estimate of drug-likeness (QED) is 0.741. The predicted molar refractivity (Wildman–Crippen MR) is 86.3 cm³/mol. The van der Waals surface area contributed by atoms with Crippen LogP contribution in [0.1, 0.15) is 28.7 Å². The van der Waals surface area contributed by atoms with Crippen molar-refractivity contribution in [1.82, 2.24) is 19.6 Å². The maximum Gasteiger partial charge on any atom is 0.270 e. The summed E-state index contributed by atoms with van der Waals surface area (Å²) in [6.07, 6.45) is 2.74. The van der Waals surface area contributed by atoms with Crippen molar-refractivity contribution in [3.8, 4) is 10.8 Å². The van der Waals surface area contributed by atoms with Crippen LogP contribution in [0.5, 0.6) is 0 Å². The summed E-state index contributed by atoms with van der Waals surface area (Å²) < 4.78 is 7.20. The van der Waals surface area contributed by atoms with E-state index in [2.05, 4.69) is 10.1 Å². The van der Waals surface area contributed by atoms with Crippen LogP contribution >= 0.6 is 11.3 Å². The van der Waals surface area contributed by atoms with E-state index in [-0.39, 0.29) is 11.8 Å². The van der Waals surface area contributed by atoms with Gasteiger partial charge in [-0.05, 0) is 30.0 Å². The fraction of sp³-hybridized carbons (Fsp3) is 0.312. The van der Waals surface area contributed by atoms with Crippen LogP contribution in [-0.2, 0) is 7.05 Å². The minimum absolute atomic E-state index is 0.0574. The molecule has 0 saturated carbocycles. The molecule has 1 aliphatic rings. The molecule has 23 heavy (non-hydrogen) atoms. The maximum atomic E-state index is 12.5. The van der Waals surface area contributed by atoms with E-state index < -0.39 is 0 Å². The van der Waals surface area contributed by atoms with Crippen molar-refractivity contribution >= 4 is 17.2 Å². The highest BCUT2D eigenvalue weighted by atomic mass is 32.1. The monoisotopic (exact) mass is 328 g/mol. The summed E-state index contributed by atoms with van der Waals surface area (Å²) in [7, 11) is 1.88. The molecule has 4 rings (SSSR count). The topological polar surface area (TPSA) is 64.2 Å². The van der Waals surface area contributed by atoms with Gasteiger partial charge in [0.1, 0.15) is 5.69 Å². The van der Waals surface area contributed by atoms with Gasteiger partial charge in [-0.25, -0.2) is 0 Å². The average molecular weight is 328 g/mol. The second-order valence-electron chi connectivity index (χ2n) is 5.68. The molecule has 0 bridgehead atoms. The van der Waals surface area contributed by atoms with Crippen LogP contribution in [0.2, 0.25) is 0 Å². The van der Waals surface area contributed by atoms with E-state index >= 15 is 0 Å². The number of likely N-dealkylation sites (tertiary alicyclic amines) is 1. The third kappa shape index (κ3) is 2.57. The number of thiophene rings is 1. The van der Waals surface area contributed by atoms with Crippen molar-refractivity contribution in [2.45, 2.75) is 12.3 Å². The van der Waals surface area contributed by atoms with Gasteiger partial charge in [0.2, 0.25) is 0 Å². The number of carbonyl (C=O) groups is 1. The molecular weight excluding hydrogens is 312 g/mol. The van der Waals surface area contributed by atoms with Gasteiger partial charge in [-0.15, -0.1) is 11.3 Å². The largest absolute Gasteiger partial charge is 0.347 e. The summed E-state index contributed by atoms with van der Waals surface area (Å²) in [5.74, 6) is 1.44. The van der Waals surface area contributed by atoms with Crippen LogP contribution in [0.4, 0.5) is 0 Å². The first-order valence-electron chi connectivity index (χ1n) is 7.50. The molecule has 1 amide bonds. The molecule has 3 aromatic heterocycles. The minimum atomic E-state index is 0.0574. The number of hydrogen-bond acceptors (Lipinski definition) is 5. The molecule has 3 aromatic rings. The SMILES string of the molecule is Cn1cccc1C(=O)N1CC[C@@H](c2noc(-c3cccs3)n2)C1. The second-order valence-corrected chi connectivity index (χ2v) is 6.62. The first kappa shape index (κ1) is 14.2. The van der Waals surface area contributed by atoms with Crippen LogP contribution in [0.25, 0.3) is 10.8 Å². The Morgan fingerprint density at radius 3 is 3.04 bits per heavy atom. The molecule has 118 valence electrons. The van der Waals surface area contributed by atoms with Crippen LogP contribution in [0.3, 0.4) is 0 Å². The fourth-order valence-corrected chi connectivity index (χ4v) is 3.55. The number of nitrogens with zero attached hydrogens (tertiary/aromatic N) is 4. The van der Waals surface area contributed by atoms with E-state index in [1.807, 2.05) is 52.4 Å². The lowest BCUT2D eigenvalue weighted by Gasteiger charge is -2.16. The third-order valence-electron chi connectivity index (χ3n) is 4.18. The second kappa shape index (κ2) is 5.66. The van der Waals surface area contributed by atoms with E-state index in [0.717, 1.165) is 17.8 Å². The van der Waals surface area contributed by atoms with E-state index in [1.54, 1.807) is 11.3 Å². The van der Waals surface area contributed by atoms with Crippen LogP contribution in [-0.4, -0.2) is 38.6 Å². The van der Waals surface area contributed by atoms with E-state index in [9.17, 15) is 4.79 Å². The highest BCUT2D eigenvalue weighted by Crippen LogP contribution is 2.29. The van der Waals surface area contributed by atoms with Crippen LogP contribution < -0.4 is 0 Å². The van der Waals surface area contributed by atoms with Gasteiger partial charge in [0.05, 0.1) is 4.88 Å². The summed E-state index contributed by atoms with van der Waals surface area (Å²) in [4.78, 5) is 19.9. The standard InChI is InChI=1S/C16H16N4O2S/c1-19-7-2-4-12(19)16(21)20-8-6-11(10-20)14-17-15(22-18-14)13-5-3-9-23-13/h2-5,7,9,11H,6,8,10H2,1H3/t11-/m1/s1. The molecule has 0 aromatic carbocycles. The van der Waals surface area contributed by atoms with Gasteiger partial charge >= 0.3 is 0 Å². The highest BCUT2D eigenvalue weighted by molar-refractivity contribution is 7.13. The lowest BCUT2D eigenvalue weighted by atomic mass is 10.1. The number of amides is 1. The molecule has 1 saturated heterocycles. The Bertz CT molecular complexity index is 821. The molecule has 0 spiro atoms. The molecule has 0 radical (unpaired) electrons. The molecule has 1 aliphatic heterocycles. The van der Waals surface area contributed by atoms with Crippen molar-refractivity contribution < 1.29 is 9.32 Å². The molecule has 7 heteroatoms. The van der Waals surface area contributed by atoms with Crippen LogP contribution in [0.15, 0.2) is 40.4 Å². The first-order valence-corrected chi connectivity index (χ1v) is 8.38. The number of rotatable bonds is 3. The molecule has 1 fully saturated rings. The van der Waals surface area contributed by atoms with Crippen LogP contribution in [0, 0.1) is 0 Å². The Labute approximate surface area is 137 Å². The maximum absolute atomic E-state index is 12.5. The van der Waals surface area contributed by atoms with Crippen molar-refractivity contribution in [2.24, 2.45) is 7.05 Å². The summed E-state index contributed by atoms with van der Waals surface area (Å²) in [5.41, 5.74) is 0.707. The van der Waals surface area contributed by atoms with Gasteiger partial charge in [0, 0.05) is 32.3 Å². The summed E-state index contributed by atoms with van der Waals surface area (Å²) in [5, 5.41) is 6.09. The average Bonchev–Trinajstić information content (AvgIpc) is 3.31. The third-order valence-corrected chi connectivity index (χ3v) is 5.04. The summed E-state index contributed by atoms with van der Waals surface area (Å²) in [6.45, 7) is 1.35. The van der Waals surface area contributed by atoms with Crippen molar-refractivity contribution in [3.63, 3.8) is 0 Å². The van der Waals surface area contributed by atoms with E-state index in [1.165, 1.54) is 0 Å². The van der Waals surface area contributed by atoms with Gasteiger partial charge in [-0.3, -0.25) is 4.79 Å². The van der Waals surface area contributed by atoms with E-state index in [0.29, 0.717) is 24.0 Å². The van der Waals surface area contributed by atoms with Crippen molar-refractivity contribution in [1.29, 1.82) is 0 Å². The first-order chi connectivity index (χ1) is 11.2. The number of aromatic nitrogens is 3. The molecular formula is C16H16N4O2S. The Kier molecular flexibility index (Phi) is 3.49. The fourth-order valence-electron chi connectivity index (χ4n) is 2.90. The zero-order valence-electron chi connectivity index (χ0n) is 12.7.